The van der Waals surface area contributed by atoms with Crippen LogP contribution in [0.2, 0.25) is 0 Å². The molecule has 2 rings (SSSR count). The fraction of sp³-hybridized carbons (Fsp3) is 0.588. The third-order valence-electron chi connectivity index (χ3n) is 3.94. The average Bonchev–Trinajstić information content (AvgIpc) is 2.53. The molecule has 22 heavy (non-hydrogen) atoms. The van der Waals surface area contributed by atoms with Gasteiger partial charge in [0.25, 0.3) is 0 Å². The zero-order valence-corrected chi connectivity index (χ0v) is 14.4. The molecule has 1 aromatic carbocycles. The second-order valence-electron chi connectivity index (χ2n) is 5.64. The molecule has 0 aliphatic carbocycles. The van der Waals surface area contributed by atoms with E-state index in [0.29, 0.717) is 12.5 Å². The van der Waals surface area contributed by atoms with Crippen molar-refractivity contribution in [3.05, 3.63) is 29.8 Å². The molecule has 1 aliphatic heterocycles. The van der Waals surface area contributed by atoms with Crippen LogP contribution >= 0.6 is 11.8 Å². The summed E-state index contributed by atoms with van der Waals surface area (Å²) >= 11 is 1.92. The number of nitrogens with one attached hydrogen (secondary N) is 2. The molecule has 0 radical (unpaired) electrons. The second-order valence-corrected chi connectivity index (χ2v) is 6.79. The van der Waals surface area contributed by atoms with Crippen molar-refractivity contribution in [2.75, 3.05) is 36.5 Å². The minimum absolute atomic E-state index is 0.0972. The number of benzene rings is 1. The van der Waals surface area contributed by atoms with Crippen LogP contribution in [0.1, 0.15) is 25.8 Å². The minimum atomic E-state index is 0.0972. The molecule has 122 valence electrons. The molecule has 1 aromatic rings. The molecule has 0 bridgehead atoms. The summed E-state index contributed by atoms with van der Waals surface area (Å²) in [7, 11) is 0. The van der Waals surface area contributed by atoms with Crippen LogP contribution in [-0.2, 0) is 11.3 Å². The highest BCUT2D eigenvalue weighted by molar-refractivity contribution is 7.99. The minimum Gasteiger partial charge on any atom is -0.326 e. The van der Waals surface area contributed by atoms with Crippen LogP contribution < -0.4 is 10.6 Å². The first kappa shape index (κ1) is 17.3. The smallest absolute Gasteiger partial charge is 0.225 e. The maximum Gasteiger partial charge on any atom is 0.225 e. The molecule has 5 heteroatoms. The van der Waals surface area contributed by atoms with Crippen molar-refractivity contribution in [1.82, 2.24) is 10.2 Å². The van der Waals surface area contributed by atoms with Crippen LogP contribution in [-0.4, -0.2) is 48.0 Å². The maximum absolute atomic E-state index is 12.2. The molecule has 1 heterocycles. The summed E-state index contributed by atoms with van der Waals surface area (Å²) in [5, 5.41) is 6.43. The Hall–Kier alpha value is -1.04. The van der Waals surface area contributed by atoms with Gasteiger partial charge in [-0.15, -0.1) is 0 Å². The van der Waals surface area contributed by atoms with Crippen molar-refractivity contribution in [3.63, 3.8) is 0 Å². The summed E-state index contributed by atoms with van der Waals surface area (Å²) in [5.74, 6) is 2.26. The molecule has 1 aliphatic rings. The first-order valence-electron chi connectivity index (χ1n) is 8.13. The van der Waals surface area contributed by atoms with E-state index >= 15 is 0 Å². The summed E-state index contributed by atoms with van der Waals surface area (Å²) in [6.45, 7) is 8.35. The van der Waals surface area contributed by atoms with Crippen molar-refractivity contribution in [2.24, 2.45) is 0 Å². The molecule has 2 N–H and O–H groups in total. The number of carbonyl (C=O) groups excluding carboxylic acids is 1. The normalized spacial score (nSPS) is 18.4. The fourth-order valence-electron chi connectivity index (χ4n) is 2.64. The van der Waals surface area contributed by atoms with Gasteiger partial charge in [0.05, 0.1) is 0 Å². The molecule has 1 atom stereocenters. The van der Waals surface area contributed by atoms with Gasteiger partial charge in [-0.3, -0.25) is 9.69 Å². The van der Waals surface area contributed by atoms with E-state index in [1.165, 1.54) is 5.56 Å². The van der Waals surface area contributed by atoms with Gasteiger partial charge in [-0.2, -0.15) is 11.8 Å². The number of anilines is 1. The molecule has 4 nitrogen and oxygen atoms in total. The van der Waals surface area contributed by atoms with Gasteiger partial charge in [0.15, 0.2) is 0 Å². The number of hydrogen-bond donors (Lipinski definition) is 2. The molecule has 1 amide bonds. The van der Waals surface area contributed by atoms with Gasteiger partial charge in [0.2, 0.25) is 5.91 Å². The van der Waals surface area contributed by atoms with E-state index in [1.54, 1.807) is 0 Å². The van der Waals surface area contributed by atoms with Gasteiger partial charge in [0, 0.05) is 42.7 Å². The van der Waals surface area contributed by atoms with Crippen molar-refractivity contribution < 1.29 is 4.79 Å². The largest absolute Gasteiger partial charge is 0.326 e. The van der Waals surface area contributed by atoms with Crippen LogP contribution in [0, 0.1) is 0 Å². The van der Waals surface area contributed by atoms with Crippen molar-refractivity contribution in [1.29, 1.82) is 0 Å². The Kier molecular flexibility index (Phi) is 7.22. The van der Waals surface area contributed by atoms with Gasteiger partial charge in [0.1, 0.15) is 0 Å². The van der Waals surface area contributed by atoms with Crippen LogP contribution in [0.25, 0.3) is 0 Å². The SMILES string of the molecule is CCN(CC)Cc1cccc(NC(=O)CC2CSCCN2)c1. The van der Waals surface area contributed by atoms with Crippen LogP contribution in [0.4, 0.5) is 5.69 Å². The Labute approximate surface area is 138 Å². The van der Waals surface area contributed by atoms with E-state index in [1.807, 2.05) is 23.9 Å². The molecule has 0 spiro atoms. The monoisotopic (exact) mass is 321 g/mol. The number of amides is 1. The summed E-state index contributed by atoms with van der Waals surface area (Å²) in [6.07, 6.45) is 0.549. The quantitative estimate of drug-likeness (QED) is 0.810. The molecule has 1 unspecified atom stereocenters. The maximum atomic E-state index is 12.2. The zero-order chi connectivity index (χ0) is 15.8. The van der Waals surface area contributed by atoms with Crippen LogP contribution in [0.15, 0.2) is 24.3 Å². The lowest BCUT2D eigenvalue weighted by molar-refractivity contribution is -0.116. The standard InChI is InChI=1S/C17H27N3OS/c1-3-20(4-2)12-14-6-5-7-15(10-14)19-17(21)11-16-13-22-9-8-18-16/h5-7,10,16,18H,3-4,8-9,11-13H2,1-2H3,(H,19,21). The first-order chi connectivity index (χ1) is 10.7. The van der Waals surface area contributed by atoms with E-state index in [0.717, 1.165) is 43.4 Å². The van der Waals surface area contributed by atoms with Gasteiger partial charge in [-0.1, -0.05) is 26.0 Å². The summed E-state index contributed by atoms with van der Waals surface area (Å²) in [4.78, 5) is 14.5. The molecular formula is C17H27N3OS. The number of thioether (sulfide) groups is 1. The van der Waals surface area contributed by atoms with Gasteiger partial charge in [-0.05, 0) is 30.8 Å². The van der Waals surface area contributed by atoms with E-state index in [4.69, 9.17) is 0 Å². The number of rotatable bonds is 7. The van der Waals surface area contributed by atoms with Gasteiger partial charge in [-0.25, -0.2) is 0 Å². The topological polar surface area (TPSA) is 44.4 Å². The Morgan fingerprint density at radius 1 is 1.41 bits per heavy atom. The first-order valence-corrected chi connectivity index (χ1v) is 9.29. The highest BCUT2D eigenvalue weighted by atomic mass is 32.2. The van der Waals surface area contributed by atoms with E-state index in [9.17, 15) is 4.79 Å². The molecule has 0 aromatic heterocycles. The Morgan fingerprint density at radius 2 is 2.23 bits per heavy atom. The third kappa shape index (κ3) is 5.63. The highest BCUT2D eigenvalue weighted by Crippen LogP contribution is 2.15. The van der Waals surface area contributed by atoms with Gasteiger partial charge >= 0.3 is 0 Å². The highest BCUT2D eigenvalue weighted by Gasteiger charge is 2.16. The van der Waals surface area contributed by atoms with Crippen molar-refractivity contribution in [3.8, 4) is 0 Å². The number of carbonyl (C=O) groups is 1. The Morgan fingerprint density at radius 3 is 2.91 bits per heavy atom. The predicted molar refractivity (Wildman–Crippen MR) is 95.4 cm³/mol. The molecule has 1 saturated heterocycles. The number of hydrogen-bond acceptors (Lipinski definition) is 4. The molecule has 0 saturated carbocycles. The van der Waals surface area contributed by atoms with Crippen LogP contribution in [0.5, 0.6) is 0 Å². The lowest BCUT2D eigenvalue weighted by Crippen LogP contribution is -2.39. The second kappa shape index (κ2) is 9.18. The lowest BCUT2D eigenvalue weighted by atomic mass is 10.1. The Bertz CT molecular complexity index is 471. The van der Waals surface area contributed by atoms with Crippen molar-refractivity contribution in [2.45, 2.75) is 32.9 Å². The predicted octanol–water partition coefficient (Wildman–Crippen LogP) is 2.56. The fourth-order valence-corrected chi connectivity index (χ4v) is 3.59. The summed E-state index contributed by atoms with van der Waals surface area (Å²) in [6, 6.07) is 8.49. The van der Waals surface area contributed by atoms with Crippen LogP contribution in [0.3, 0.4) is 0 Å². The van der Waals surface area contributed by atoms with E-state index in [-0.39, 0.29) is 5.91 Å². The Balaban J connectivity index is 1.87. The summed E-state index contributed by atoms with van der Waals surface area (Å²) < 4.78 is 0. The van der Waals surface area contributed by atoms with Crippen molar-refractivity contribution >= 4 is 23.4 Å². The molecule has 1 fully saturated rings. The zero-order valence-electron chi connectivity index (χ0n) is 13.6. The average molecular weight is 321 g/mol. The van der Waals surface area contributed by atoms with E-state index in [2.05, 4.69) is 41.5 Å². The lowest BCUT2D eigenvalue weighted by Gasteiger charge is -2.22. The molecular weight excluding hydrogens is 294 g/mol. The van der Waals surface area contributed by atoms with Gasteiger partial charge < -0.3 is 10.6 Å². The van der Waals surface area contributed by atoms with E-state index < -0.39 is 0 Å². The third-order valence-corrected chi connectivity index (χ3v) is 5.07. The number of nitrogens with zero attached hydrogens (tertiary/aromatic N) is 1. The summed E-state index contributed by atoms with van der Waals surface area (Å²) in [5.41, 5.74) is 2.14.